The Labute approximate surface area is 106 Å². The van der Waals surface area contributed by atoms with Gasteiger partial charge in [-0.3, -0.25) is 14.4 Å². The van der Waals surface area contributed by atoms with Crippen molar-refractivity contribution < 1.29 is 14.4 Å². The lowest BCUT2D eigenvalue weighted by atomic mass is 10.2. The predicted octanol–water partition coefficient (Wildman–Crippen LogP) is 2.10. The fourth-order valence-corrected chi connectivity index (χ4v) is 1.17. The molecular weight excluding hydrogens is 232 g/mol. The number of nitrogens with one attached hydrogen (secondary N) is 2. The van der Waals surface area contributed by atoms with Gasteiger partial charge in [0.2, 0.25) is 5.91 Å². The van der Waals surface area contributed by atoms with Crippen molar-refractivity contribution in [1.82, 2.24) is 5.48 Å². The highest BCUT2D eigenvalue weighted by Crippen LogP contribution is 2.10. The Balaban J connectivity index is 2.62. The first-order valence-electron chi connectivity index (χ1n) is 5.64. The molecule has 1 rings (SSSR count). The third kappa shape index (κ3) is 4.97. The summed E-state index contributed by atoms with van der Waals surface area (Å²) in [6, 6.07) is 6.56. The van der Waals surface area contributed by atoms with E-state index in [1.54, 1.807) is 24.3 Å². The Morgan fingerprint density at radius 1 is 1.11 bits per heavy atom. The van der Waals surface area contributed by atoms with Crippen molar-refractivity contribution >= 4 is 17.5 Å². The molecule has 2 N–H and O–H groups in total. The number of carbonyl (C=O) groups excluding carboxylic acids is 2. The summed E-state index contributed by atoms with van der Waals surface area (Å²) in [5, 5.41) is 2.63. The molecule has 0 unspecified atom stereocenters. The highest BCUT2D eigenvalue weighted by molar-refractivity contribution is 5.94. The van der Waals surface area contributed by atoms with Gasteiger partial charge in [0.25, 0.3) is 5.91 Å². The van der Waals surface area contributed by atoms with E-state index in [9.17, 15) is 9.59 Å². The monoisotopic (exact) mass is 250 g/mol. The topological polar surface area (TPSA) is 67.4 Å². The van der Waals surface area contributed by atoms with E-state index in [0.717, 1.165) is 0 Å². The lowest BCUT2D eigenvalue weighted by molar-refractivity contribution is -0.114. The first-order valence-corrected chi connectivity index (χ1v) is 5.64. The molecule has 0 saturated heterocycles. The molecule has 0 radical (unpaired) electrons. The van der Waals surface area contributed by atoms with Gasteiger partial charge in [0, 0.05) is 18.2 Å². The summed E-state index contributed by atoms with van der Waals surface area (Å²) >= 11 is 0. The maximum Gasteiger partial charge on any atom is 0.274 e. The van der Waals surface area contributed by atoms with E-state index < -0.39 is 5.60 Å². The van der Waals surface area contributed by atoms with Gasteiger partial charge >= 0.3 is 0 Å². The fourth-order valence-electron chi connectivity index (χ4n) is 1.17. The molecule has 0 heterocycles. The van der Waals surface area contributed by atoms with E-state index >= 15 is 0 Å². The van der Waals surface area contributed by atoms with Gasteiger partial charge in [0.15, 0.2) is 0 Å². The maximum absolute atomic E-state index is 11.7. The molecule has 0 aromatic heterocycles. The molecule has 0 aliphatic rings. The number of anilines is 1. The van der Waals surface area contributed by atoms with Crippen molar-refractivity contribution in [3.8, 4) is 0 Å². The third-order valence-corrected chi connectivity index (χ3v) is 1.92. The average Bonchev–Trinajstić information content (AvgIpc) is 2.25. The van der Waals surface area contributed by atoms with Crippen LogP contribution in [0.2, 0.25) is 0 Å². The Bertz CT molecular complexity index is 433. The molecule has 1 aromatic rings. The van der Waals surface area contributed by atoms with Crippen molar-refractivity contribution in [2.45, 2.75) is 33.3 Å². The van der Waals surface area contributed by atoms with Gasteiger partial charge in [-0.05, 0) is 45.0 Å². The highest BCUT2D eigenvalue weighted by Gasteiger charge is 2.13. The van der Waals surface area contributed by atoms with Crippen LogP contribution in [-0.4, -0.2) is 17.4 Å². The largest absolute Gasteiger partial charge is 0.326 e. The van der Waals surface area contributed by atoms with Gasteiger partial charge in [0.05, 0.1) is 5.60 Å². The van der Waals surface area contributed by atoms with Crippen LogP contribution in [0.3, 0.4) is 0 Å². The van der Waals surface area contributed by atoms with Gasteiger partial charge in [-0.25, -0.2) is 5.48 Å². The van der Waals surface area contributed by atoms with E-state index in [-0.39, 0.29) is 11.8 Å². The maximum atomic E-state index is 11.7. The van der Waals surface area contributed by atoms with E-state index in [0.29, 0.717) is 11.3 Å². The number of amides is 2. The van der Waals surface area contributed by atoms with E-state index in [1.165, 1.54) is 6.92 Å². The summed E-state index contributed by atoms with van der Waals surface area (Å²) in [6.07, 6.45) is 0. The smallest absolute Gasteiger partial charge is 0.274 e. The molecule has 0 bridgehead atoms. The second-order valence-electron chi connectivity index (χ2n) is 4.90. The summed E-state index contributed by atoms with van der Waals surface area (Å²) < 4.78 is 0. The van der Waals surface area contributed by atoms with Crippen molar-refractivity contribution in [2.75, 3.05) is 5.32 Å². The van der Waals surface area contributed by atoms with E-state index in [2.05, 4.69) is 10.8 Å². The van der Waals surface area contributed by atoms with Crippen LogP contribution in [0.15, 0.2) is 24.3 Å². The second kappa shape index (κ2) is 5.64. The second-order valence-corrected chi connectivity index (χ2v) is 4.90. The standard InChI is InChI=1S/C13H18N2O3/c1-9(16)14-11-7-5-10(6-8-11)12(17)15-18-13(2,3)4/h5-8H,1-4H3,(H,14,16)(H,15,17). The van der Waals surface area contributed by atoms with Gasteiger partial charge in [-0.15, -0.1) is 0 Å². The summed E-state index contributed by atoms with van der Waals surface area (Å²) in [5.74, 6) is -0.470. The minimum atomic E-state index is -0.439. The van der Waals surface area contributed by atoms with Crippen LogP contribution in [-0.2, 0) is 9.63 Å². The zero-order valence-electron chi connectivity index (χ0n) is 11.0. The summed E-state index contributed by atoms with van der Waals surface area (Å²) in [5.41, 5.74) is 3.05. The molecule has 0 spiro atoms. The molecular formula is C13H18N2O3. The first-order chi connectivity index (χ1) is 8.28. The van der Waals surface area contributed by atoms with Gasteiger partial charge in [-0.2, -0.15) is 0 Å². The molecule has 98 valence electrons. The Morgan fingerprint density at radius 3 is 2.11 bits per heavy atom. The van der Waals surface area contributed by atoms with Crippen LogP contribution in [0.25, 0.3) is 0 Å². The SMILES string of the molecule is CC(=O)Nc1ccc(C(=O)NOC(C)(C)C)cc1. The number of carbonyl (C=O) groups is 2. The molecule has 0 atom stereocenters. The molecule has 5 nitrogen and oxygen atoms in total. The first kappa shape index (κ1) is 14.2. The minimum absolute atomic E-state index is 0.150. The van der Waals surface area contributed by atoms with E-state index in [4.69, 9.17) is 4.84 Å². The van der Waals surface area contributed by atoms with Gasteiger partial charge in [0.1, 0.15) is 0 Å². The van der Waals surface area contributed by atoms with Gasteiger partial charge < -0.3 is 5.32 Å². The van der Waals surface area contributed by atoms with Gasteiger partial charge in [-0.1, -0.05) is 0 Å². The molecule has 5 heteroatoms. The van der Waals surface area contributed by atoms with Crippen molar-refractivity contribution in [3.05, 3.63) is 29.8 Å². The van der Waals surface area contributed by atoms with Crippen molar-refractivity contribution in [1.29, 1.82) is 0 Å². The Morgan fingerprint density at radius 2 is 1.67 bits per heavy atom. The number of benzene rings is 1. The lowest BCUT2D eigenvalue weighted by Crippen LogP contribution is -2.33. The predicted molar refractivity (Wildman–Crippen MR) is 69.0 cm³/mol. The van der Waals surface area contributed by atoms with Crippen LogP contribution in [0, 0.1) is 0 Å². The third-order valence-electron chi connectivity index (χ3n) is 1.92. The molecule has 0 fully saturated rings. The normalized spacial score (nSPS) is 10.9. The number of hydrogen-bond acceptors (Lipinski definition) is 3. The highest BCUT2D eigenvalue weighted by atomic mass is 16.7. The zero-order valence-corrected chi connectivity index (χ0v) is 11.0. The van der Waals surface area contributed by atoms with Crippen molar-refractivity contribution in [2.24, 2.45) is 0 Å². The lowest BCUT2D eigenvalue weighted by Gasteiger charge is -2.18. The van der Waals surface area contributed by atoms with Crippen LogP contribution in [0.1, 0.15) is 38.1 Å². The van der Waals surface area contributed by atoms with Crippen LogP contribution in [0.5, 0.6) is 0 Å². The number of hydroxylamine groups is 1. The molecule has 18 heavy (non-hydrogen) atoms. The molecule has 0 aliphatic carbocycles. The van der Waals surface area contributed by atoms with E-state index in [1.807, 2.05) is 20.8 Å². The quantitative estimate of drug-likeness (QED) is 0.807. The molecule has 0 aliphatic heterocycles. The van der Waals surface area contributed by atoms with Crippen LogP contribution in [0.4, 0.5) is 5.69 Å². The van der Waals surface area contributed by atoms with Crippen molar-refractivity contribution in [3.63, 3.8) is 0 Å². The Kier molecular flexibility index (Phi) is 4.44. The summed E-state index contributed by atoms with van der Waals surface area (Å²) in [4.78, 5) is 27.7. The molecule has 0 saturated carbocycles. The molecule has 1 aromatic carbocycles. The number of hydrogen-bond donors (Lipinski definition) is 2. The number of rotatable bonds is 3. The van der Waals surface area contributed by atoms with Crippen LogP contribution < -0.4 is 10.8 Å². The Hall–Kier alpha value is -1.88. The minimum Gasteiger partial charge on any atom is -0.326 e. The van der Waals surface area contributed by atoms with Crippen LogP contribution >= 0.6 is 0 Å². The zero-order chi connectivity index (χ0) is 13.8. The summed E-state index contributed by atoms with van der Waals surface area (Å²) in [7, 11) is 0. The fraction of sp³-hybridized carbons (Fsp3) is 0.385. The average molecular weight is 250 g/mol. The molecule has 2 amide bonds. The summed E-state index contributed by atoms with van der Waals surface area (Å²) in [6.45, 7) is 6.95.